The van der Waals surface area contributed by atoms with Gasteiger partial charge in [-0.15, -0.1) is 0 Å². The van der Waals surface area contributed by atoms with Gasteiger partial charge >= 0.3 is 0 Å². The molecule has 0 bridgehead atoms. The Morgan fingerprint density at radius 2 is 2.14 bits per heavy atom. The van der Waals surface area contributed by atoms with Crippen LogP contribution in [0.5, 0.6) is 5.75 Å². The number of benzene rings is 1. The molecule has 0 amide bonds. The van der Waals surface area contributed by atoms with Crippen molar-refractivity contribution < 1.29 is 14.2 Å². The number of nitrogens with one attached hydrogen (secondary N) is 1. The third kappa shape index (κ3) is 5.30. The number of ether oxygens (including phenoxy) is 3. The van der Waals surface area contributed by atoms with E-state index in [0.717, 1.165) is 51.5 Å². The maximum absolute atomic E-state index is 6.15. The molecule has 2 atom stereocenters. The zero-order valence-corrected chi connectivity index (χ0v) is 13.1. The van der Waals surface area contributed by atoms with Gasteiger partial charge in [-0.1, -0.05) is 19.1 Å². The summed E-state index contributed by atoms with van der Waals surface area (Å²) >= 11 is 0. The first-order valence-electron chi connectivity index (χ1n) is 7.87. The predicted octanol–water partition coefficient (Wildman–Crippen LogP) is 2.79. The van der Waals surface area contributed by atoms with Gasteiger partial charge in [-0.2, -0.15) is 0 Å². The smallest absolute Gasteiger partial charge is 0.118 e. The quantitative estimate of drug-likeness (QED) is 0.711. The van der Waals surface area contributed by atoms with E-state index in [9.17, 15) is 0 Å². The molecule has 1 aliphatic heterocycles. The van der Waals surface area contributed by atoms with E-state index in [1.807, 2.05) is 12.1 Å². The van der Waals surface area contributed by atoms with E-state index in [2.05, 4.69) is 24.4 Å². The Kier molecular flexibility index (Phi) is 7.00. The molecule has 2 unspecified atom stereocenters. The third-order valence-electron chi connectivity index (χ3n) is 3.80. The summed E-state index contributed by atoms with van der Waals surface area (Å²) < 4.78 is 16.8. The highest BCUT2D eigenvalue weighted by atomic mass is 16.5. The van der Waals surface area contributed by atoms with E-state index in [0.29, 0.717) is 5.92 Å². The van der Waals surface area contributed by atoms with Crippen LogP contribution in [0.1, 0.15) is 31.4 Å². The van der Waals surface area contributed by atoms with Crippen LogP contribution in [-0.4, -0.2) is 40.0 Å². The highest BCUT2D eigenvalue weighted by Crippen LogP contribution is 2.22. The van der Waals surface area contributed by atoms with Crippen LogP contribution in [0.2, 0.25) is 0 Å². The van der Waals surface area contributed by atoms with Crippen molar-refractivity contribution >= 4 is 0 Å². The summed E-state index contributed by atoms with van der Waals surface area (Å²) in [6, 6.07) is 8.15. The molecule has 0 saturated carbocycles. The van der Waals surface area contributed by atoms with E-state index >= 15 is 0 Å². The molecule has 1 fully saturated rings. The minimum Gasteiger partial charge on any atom is -0.497 e. The van der Waals surface area contributed by atoms with Crippen molar-refractivity contribution in [1.29, 1.82) is 0 Å². The topological polar surface area (TPSA) is 39.7 Å². The number of hydrogen-bond acceptors (Lipinski definition) is 4. The van der Waals surface area contributed by atoms with Crippen LogP contribution in [-0.2, 0) is 9.47 Å². The third-order valence-corrected chi connectivity index (χ3v) is 3.80. The first-order valence-corrected chi connectivity index (χ1v) is 7.87. The van der Waals surface area contributed by atoms with Gasteiger partial charge in [-0.3, -0.25) is 0 Å². The molecule has 21 heavy (non-hydrogen) atoms. The van der Waals surface area contributed by atoms with Gasteiger partial charge < -0.3 is 19.5 Å². The van der Waals surface area contributed by atoms with Gasteiger partial charge in [0.1, 0.15) is 5.75 Å². The van der Waals surface area contributed by atoms with E-state index in [1.165, 1.54) is 5.56 Å². The number of rotatable bonds is 9. The van der Waals surface area contributed by atoms with Gasteiger partial charge in [0.15, 0.2) is 0 Å². The van der Waals surface area contributed by atoms with Gasteiger partial charge in [0.25, 0.3) is 0 Å². The average Bonchev–Trinajstić information content (AvgIpc) is 3.04. The van der Waals surface area contributed by atoms with E-state index in [4.69, 9.17) is 14.2 Å². The first-order chi connectivity index (χ1) is 10.3. The lowest BCUT2D eigenvalue weighted by molar-refractivity contribution is 0.0255. The Morgan fingerprint density at radius 3 is 2.76 bits per heavy atom. The lowest BCUT2D eigenvalue weighted by atomic mass is 10.1. The molecule has 0 aliphatic carbocycles. The van der Waals surface area contributed by atoms with Gasteiger partial charge in [-0.05, 0) is 37.1 Å². The summed E-state index contributed by atoms with van der Waals surface area (Å²) in [6.07, 6.45) is 2.33. The van der Waals surface area contributed by atoms with Gasteiger partial charge in [-0.25, -0.2) is 0 Å². The fourth-order valence-electron chi connectivity index (χ4n) is 2.47. The van der Waals surface area contributed by atoms with Crippen LogP contribution in [0, 0.1) is 5.92 Å². The lowest BCUT2D eigenvalue weighted by Gasteiger charge is -2.21. The Balaban J connectivity index is 1.92. The van der Waals surface area contributed by atoms with Gasteiger partial charge in [0, 0.05) is 19.1 Å². The monoisotopic (exact) mass is 293 g/mol. The van der Waals surface area contributed by atoms with Crippen molar-refractivity contribution in [3.05, 3.63) is 29.8 Å². The summed E-state index contributed by atoms with van der Waals surface area (Å²) in [4.78, 5) is 0. The van der Waals surface area contributed by atoms with Crippen LogP contribution >= 0.6 is 0 Å². The molecule has 1 aromatic carbocycles. The maximum Gasteiger partial charge on any atom is 0.118 e. The second kappa shape index (κ2) is 9.03. The van der Waals surface area contributed by atoms with Crippen molar-refractivity contribution in [2.75, 3.05) is 40.0 Å². The Bertz CT molecular complexity index is 388. The number of hydrogen-bond donors (Lipinski definition) is 1. The van der Waals surface area contributed by atoms with Gasteiger partial charge in [0.05, 0.1) is 26.4 Å². The van der Waals surface area contributed by atoms with Crippen LogP contribution in [0.3, 0.4) is 0 Å². The van der Waals surface area contributed by atoms with Crippen LogP contribution in [0.4, 0.5) is 0 Å². The van der Waals surface area contributed by atoms with Crippen molar-refractivity contribution in [2.24, 2.45) is 5.92 Å². The first kappa shape index (κ1) is 16.3. The second-order valence-corrected chi connectivity index (χ2v) is 5.53. The highest BCUT2D eigenvalue weighted by molar-refractivity contribution is 5.28. The van der Waals surface area contributed by atoms with Crippen LogP contribution in [0.15, 0.2) is 24.3 Å². The normalized spacial score (nSPS) is 19.6. The molecule has 118 valence electrons. The fraction of sp³-hybridized carbons (Fsp3) is 0.647. The molecule has 1 heterocycles. The molecule has 1 N–H and O–H groups in total. The Labute approximate surface area is 127 Å². The summed E-state index contributed by atoms with van der Waals surface area (Å²) in [6.45, 7) is 6.50. The minimum atomic E-state index is 0.0862. The summed E-state index contributed by atoms with van der Waals surface area (Å²) in [7, 11) is 1.69. The largest absolute Gasteiger partial charge is 0.497 e. The molecule has 4 heteroatoms. The summed E-state index contributed by atoms with van der Waals surface area (Å²) in [5, 5.41) is 3.45. The number of methoxy groups -OCH3 is 1. The fourth-order valence-corrected chi connectivity index (χ4v) is 2.47. The average molecular weight is 293 g/mol. The molecule has 0 spiro atoms. The van der Waals surface area contributed by atoms with E-state index in [-0.39, 0.29) is 6.10 Å². The van der Waals surface area contributed by atoms with Crippen LogP contribution < -0.4 is 10.1 Å². The Hall–Kier alpha value is -1.10. The highest BCUT2D eigenvalue weighted by Gasteiger charge is 2.19. The molecule has 4 nitrogen and oxygen atoms in total. The van der Waals surface area contributed by atoms with E-state index in [1.54, 1.807) is 7.11 Å². The summed E-state index contributed by atoms with van der Waals surface area (Å²) in [5.74, 6) is 1.42. The zero-order valence-electron chi connectivity index (χ0n) is 13.1. The zero-order chi connectivity index (χ0) is 14.9. The predicted molar refractivity (Wildman–Crippen MR) is 83.8 cm³/mol. The standard InChI is InChI=1S/C17H27NO3/c1-3-9-18-11-17(21-13-14-8-10-20-12-14)15-4-6-16(19-2)7-5-15/h4-7,14,17-18H,3,8-13H2,1-2H3. The molecular weight excluding hydrogens is 266 g/mol. The molecule has 1 aromatic rings. The Morgan fingerprint density at radius 1 is 1.33 bits per heavy atom. The SMILES string of the molecule is CCCNCC(OCC1CCOC1)c1ccc(OC)cc1. The van der Waals surface area contributed by atoms with Crippen molar-refractivity contribution in [2.45, 2.75) is 25.9 Å². The lowest BCUT2D eigenvalue weighted by Crippen LogP contribution is -2.25. The molecule has 1 saturated heterocycles. The van der Waals surface area contributed by atoms with Crippen molar-refractivity contribution in [1.82, 2.24) is 5.32 Å². The van der Waals surface area contributed by atoms with E-state index < -0.39 is 0 Å². The second-order valence-electron chi connectivity index (χ2n) is 5.53. The molecular formula is C17H27NO3. The van der Waals surface area contributed by atoms with Crippen LogP contribution in [0.25, 0.3) is 0 Å². The van der Waals surface area contributed by atoms with Crippen molar-refractivity contribution in [3.8, 4) is 5.75 Å². The minimum absolute atomic E-state index is 0.0862. The summed E-state index contributed by atoms with van der Waals surface area (Å²) in [5.41, 5.74) is 1.19. The van der Waals surface area contributed by atoms with Crippen molar-refractivity contribution in [3.63, 3.8) is 0 Å². The maximum atomic E-state index is 6.15. The molecule has 0 radical (unpaired) electrons. The molecule has 2 rings (SSSR count). The van der Waals surface area contributed by atoms with Gasteiger partial charge in [0.2, 0.25) is 0 Å². The molecule has 1 aliphatic rings. The molecule has 0 aromatic heterocycles.